The van der Waals surface area contributed by atoms with E-state index in [2.05, 4.69) is 15.3 Å². The van der Waals surface area contributed by atoms with Crippen LogP contribution in [-0.4, -0.2) is 23.1 Å². The molecule has 1 aliphatic heterocycles. The molecule has 4 heteroatoms. The largest absolute Gasteiger partial charge is 0.317 e. The molecule has 2 heterocycles. The molecule has 1 fully saturated rings. The summed E-state index contributed by atoms with van der Waals surface area (Å²) in [5, 5.41) is 11.9. The maximum Gasteiger partial charge on any atom is 0.232 e. The van der Waals surface area contributed by atoms with Crippen LogP contribution in [0.1, 0.15) is 30.1 Å². The van der Waals surface area contributed by atoms with Crippen LogP contribution in [0.3, 0.4) is 0 Å². The Kier molecular flexibility index (Phi) is 2.70. The second-order valence-electron chi connectivity index (χ2n) is 3.48. The molecular formula is C10H12N4. The lowest BCUT2D eigenvalue weighted by Crippen LogP contribution is -2.26. The van der Waals surface area contributed by atoms with Crippen molar-refractivity contribution in [3.8, 4) is 6.07 Å². The summed E-state index contributed by atoms with van der Waals surface area (Å²) in [6, 6.07) is 1.92. The molecule has 0 atom stereocenters. The number of nitrogens with one attached hydrogen (secondary N) is 1. The van der Waals surface area contributed by atoms with Gasteiger partial charge in [-0.1, -0.05) is 0 Å². The first-order valence-corrected chi connectivity index (χ1v) is 4.83. The fourth-order valence-corrected chi connectivity index (χ4v) is 1.76. The summed E-state index contributed by atoms with van der Waals surface area (Å²) in [6.07, 6.45) is 5.83. The summed E-state index contributed by atoms with van der Waals surface area (Å²) < 4.78 is 0. The zero-order valence-electron chi connectivity index (χ0n) is 7.90. The van der Waals surface area contributed by atoms with E-state index >= 15 is 0 Å². The topological polar surface area (TPSA) is 61.6 Å². The van der Waals surface area contributed by atoms with Crippen LogP contribution in [0, 0.1) is 11.3 Å². The Morgan fingerprint density at radius 3 is 2.50 bits per heavy atom. The van der Waals surface area contributed by atoms with Crippen LogP contribution in [0.2, 0.25) is 0 Å². The van der Waals surface area contributed by atoms with Gasteiger partial charge in [-0.3, -0.25) is 0 Å². The monoisotopic (exact) mass is 188 g/mol. The van der Waals surface area contributed by atoms with Crippen molar-refractivity contribution >= 4 is 0 Å². The van der Waals surface area contributed by atoms with Gasteiger partial charge in [0.1, 0.15) is 6.07 Å². The molecule has 1 saturated heterocycles. The Bertz CT molecular complexity index is 332. The van der Waals surface area contributed by atoms with Crippen molar-refractivity contribution in [2.45, 2.75) is 18.8 Å². The SMILES string of the molecule is N#Cc1ncc(C2CCNCC2)cn1. The van der Waals surface area contributed by atoms with Gasteiger partial charge in [-0.25, -0.2) is 9.97 Å². The third-order valence-corrected chi connectivity index (χ3v) is 2.58. The second kappa shape index (κ2) is 4.16. The van der Waals surface area contributed by atoms with Gasteiger partial charge in [0, 0.05) is 12.4 Å². The quantitative estimate of drug-likeness (QED) is 0.708. The van der Waals surface area contributed by atoms with Crippen molar-refractivity contribution in [3.05, 3.63) is 23.8 Å². The van der Waals surface area contributed by atoms with Crippen LogP contribution in [-0.2, 0) is 0 Å². The predicted octanol–water partition coefficient (Wildman–Crippen LogP) is 0.815. The van der Waals surface area contributed by atoms with Crippen molar-refractivity contribution in [1.29, 1.82) is 5.26 Å². The van der Waals surface area contributed by atoms with Gasteiger partial charge in [0.15, 0.2) is 0 Å². The summed E-state index contributed by atoms with van der Waals surface area (Å²) in [6.45, 7) is 2.12. The number of rotatable bonds is 1. The highest BCUT2D eigenvalue weighted by molar-refractivity contribution is 5.17. The Morgan fingerprint density at radius 1 is 1.29 bits per heavy atom. The maximum atomic E-state index is 8.55. The summed E-state index contributed by atoms with van der Waals surface area (Å²) in [4.78, 5) is 7.96. The van der Waals surface area contributed by atoms with Gasteiger partial charge < -0.3 is 5.32 Å². The smallest absolute Gasteiger partial charge is 0.232 e. The standard InChI is InChI=1S/C10H12N4/c11-5-10-13-6-9(7-14-10)8-1-3-12-4-2-8/h6-8,12H,1-4H2. The molecule has 1 N–H and O–H groups in total. The van der Waals surface area contributed by atoms with Gasteiger partial charge in [0.05, 0.1) is 0 Å². The maximum absolute atomic E-state index is 8.55. The molecule has 0 bridgehead atoms. The molecule has 0 radical (unpaired) electrons. The first kappa shape index (κ1) is 9.10. The number of piperidine rings is 1. The van der Waals surface area contributed by atoms with Crippen LogP contribution in [0.15, 0.2) is 12.4 Å². The summed E-state index contributed by atoms with van der Waals surface area (Å²) in [7, 11) is 0. The molecule has 0 spiro atoms. The van der Waals surface area contributed by atoms with E-state index in [1.807, 2.05) is 6.07 Å². The molecule has 0 aliphatic carbocycles. The number of hydrogen-bond acceptors (Lipinski definition) is 4. The van der Waals surface area contributed by atoms with Crippen LogP contribution < -0.4 is 5.32 Å². The minimum Gasteiger partial charge on any atom is -0.317 e. The molecule has 0 unspecified atom stereocenters. The summed E-state index contributed by atoms with van der Waals surface area (Å²) in [5.41, 5.74) is 1.16. The molecule has 14 heavy (non-hydrogen) atoms. The molecule has 0 saturated carbocycles. The predicted molar refractivity (Wildman–Crippen MR) is 51.6 cm³/mol. The Labute approximate surface area is 83.0 Å². The lowest BCUT2D eigenvalue weighted by Gasteiger charge is -2.22. The Morgan fingerprint density at radius 2 is 1.93 bits per heavy atom. The third kappa shape index (κ3) is 1.88. The van der Waals surface area contributed by atoms with Crippen LogP contribution in [0.4, 0.5) is 0 Å². The number of hydrogen-bond donors (Lipinski definition) is 1. The minimum atomic E-state index is 0.252. The van der Waals surface area contributed by atoms with Gasteiger partial charge >= 0.3 is 0 Å². The number of nitriles is 1. The summed E-state index contributed by atoms with van der Waals surface area (Å²) >= 11 is 0. The van der Waals surface area contributed by atoms with Crippen molar-refractivity contribution in [1.82, 2.24) is 15.3 Å². The molecule has 1 aromatic heterocycles. The van der Waals surface area contributed by atoms with E-state index in [1.165, 1.54) is 0 Å². The molecule has 0 aromatic carbocycles. The molecular weight excluding hydrogens is 176 g/mol. The fraction of sp³-hybridized carbons (Fsp3) is 0.500. The van der Waals surface area contributed by atoms with Crippen molar-refractivity contribution in [2.75, 3.05) is 13.1 Å². The van der Waals surface area contributed by atoms with Crippen LogP contribution in [0.5, 0.6) is 0 Å². The highest BCUT2D eigenvalue weighted by Gasteiger charge is 2.15. The van der Waals surface area contributed by atoms with Gasteiger partial charge in [-0.05, 0) is 37.4 Å². The van der Waals surface area contributed by atoms with E-state index in [9.17, 15) is 0 Å². The minimum absolute atomic E-state index is 0.252. The van der Waals surface area contributed by atoms with Crippen molar-refractivity contribution < 1.29 is 0 Å². The molecule has 0 amide bonds. The molecule has 1 aromatic rings. The molecule has 1 aliphatic rings. The Hall–Kier alpha value is -1.47. The van der Waals surface area contributed by atoms with E-state index in [4.69, 9.17) is 5.26 Å². The molecule has 4 nitrogen and oxygen atoms in total. The van der Waals surface area contributed by atoms with Gasteiger partial charge in [-0.2, -0.15) is 5.26 Å². The van der Waals surface area contributed by atoms with Crippen LogP contribution in [0.25, 0.3) is 0 Å². The van der Waals surface area contributed by atoms with E-state index < -0.39 is 0 Å². The van der Waals surface area contributed by atoms with E-state index in [0.29, 0.717) is 5.92 Å². The molecule has 2 rings (SSSR count). The molecule has 72 valence electrons. The second-order valence-corrected chi connectivity index (χ2v) is 3.48. The average molecular weight is 188 g/mol. The third-order valence-electron chi connectivity index (χ3n) is 2.58. The van der Waals surface area contributed by atoms with Crippen molar-refractivity contribution in [3.63, 3.8) is 0 Å². The Balaban J connectivity index is 2.12. The first-order valence-electron chi connectivity index (χ1n) is 4.83. The van der Waals surface area contributed by atoms with Gasteiger partial charge in [0.25, 0.3) is 0 Å². The first-order chi connectivity index (χ1) is 6.90. The van der Waals surface area contributed by atoms with Gasteiger partial charge in [0.2, 0.25) is 5.82 Å². The van der Waals surface area contributed by atoms with E-state index in [0.717, 1.165) is 31.5 Å². The fourth-order valence-electron chi connectivity index (χ4n) is 1.76. The zero-order valence-corrected chi connectivity index (χ0v) is 7.90. The normalized spacial score (nSPS) is 17.6. The van der Waals surface area contributed by atoms with Crippen LogP contribution >= 0.6 is 0 Å². The highest BCUT2D eigenvalue weighted by atomic mass is 14.9. The van der Waals surface area contributed by atoms with E-state index in [-0.39, 0.29) is 5.82 Å². The lowest BCUT2D eigenvalue weighted by atomic mass is 9.92. The van der Waals surface area contributed by atoms with Gasteiger partial charge in [-0.15, -0.1) is 0 Å². The average Bonchev–Trinajstić information content (AvgIpc) is 2.30. The highest BCUT2D eigenvalue weighted by Crippen LogP contribution is 2.23. The number of nitrogens with zero attached hydrogens (tertiary/aromatic N) is 3. The number of aromatic nitrogens is 2. The zero-order chi connectivity index (χ0) is 9.80. The van der Waals surface area contributed by atoms with E-state index in [1.54, 1.807) is 12.4 Å². The summed E-state index contributed by atoms with van der Waals surface area (Å²) in [5.74, 6) is 0.812. The lowest BCUT2D eigenvalue weighted by molar-refractivity contribution is 0.458. The van der Waals surface area contributed by atoms with Crippen molar-refractivity contribution in [2.24, 2.45) is 0 Å².